The van der Waals surface area contributed by atoms with Gasteiger partial charge in [0.15, 0.2) is 5.82 Å². The number of hydrogen-bond donors (Lipinski definition) is 2. The lowest BCUT2D eigenvalue weighted by atomic mass is 9.82. The number of aliphatic hydroxyl groups is 1. The second kappa shape index (κ2) is 8.88. The van der Waals surface area contributed by atoms with Crippen LogP contribution < -0.4 is 5.32 Å². The number of aromatic nitrogens is 2. The molecule has 0 spiro atoms. The Labute approximate surface area is 131 Å². The van der Waals surface area contributed by atoms with Crippen molar-refractivity contribution in [1.82, 2.24) is 15.5 Å². The molecule has 124 valence electrons. The second-order valence-corrected chi connectivity index (χ2v) is 6.17. The van der Waals surface area contributed by atoms with E-state index in [0.717, 1.165) is 12.8 Å². The molecule has 1 atom stereocenters. The third-order valence-electron chi connectivity index (χ3n) is 4.37. The van der Waals surface area contributed by atoms with Crippen LogP contribution in [0.2, 0.25) is 0 Å². The molecule has 1 saturated carbocycles. The van der Waals surface area contributed by atoms with E-state index < -0.39 is 0 Å². The fraction of sp³-hybridized carbons (Fsp3) is 0.812. The highest BCUT2D eigenvalue weighted by atomic mass is 16.5. The number of nitrogens with zero attached hydrogens (tertiary/aromatic N) is 2. The van der Waals surface area contributed by atoms with Crippen LogP contribution in [0.1, 0.15) is 63.1 Å². The van der Waals surface area contributed by atoms with Gasteiger partial charge in [0.05, 0.1) is 0 Å². The SMILES string of the molecule is Cc1noc(CCCC(=O)NC(CCO)C2CCCCC2)n1. The van der Waals surface area contributed by atoms with Crippen LogP contribution in [-0.4, -0.2) is 33.8 Å². The number of aryl methyl sites for hydroxylation is 2. The van der Waals surface area contributed by atoms with Crippen molar-refractivity contribution in [3.8, 4) is 0 Å². The van der Waals surface area contributed by atoms with Crippen LogP contribution >= 0.6 is 0 Å². The number of carbonyl (C=O) groups is 1. The normalized spacial score (nSPS) is 17.4. The monoisotopic (exact) mass is 309 g/mol. The van der Waals surface area contributed by atoms with Crippen LogP contribution in [0.5, 0.6) is 0 Å². The van der Waals surface area contributed by atoms with Crippen molar-refractivity contribution in [3.05, 3.63) is 11.7 Å². The third-order valence-corrected chi connectivity index (χ3v) is 4.37. The zero-order valence-electron chi connectivity index (χ0n) is 13.4. The van der Waals surface area contributed by atoms with Crippen LogP contribution in [0.3, 0.4) is 0 Å². The van der Waals surface area contributed by atoms with Crippen LogP contribution in [0.4, 0.5) is 0 Å². The Morgan fingerprint density at radius 3 is 2.82 bits per heavy atom. The molecule has 1 aromatic heterocycles. The molecule has 0 radical (unpaired) electrons. The first-order chi connectivity index (χ1) is 10.7. The molecule has 1 aromatic rings. The Balaban J connectivity index is 1.72. The quantitative estimate of drug-likeness (QED) is 0.768. The van der Waals surface area contributed by atoms with Crippen LogP contribution in [-0.2, 0) is 11.2 Å². The first-order valence-corrected chi connectivity index (χ1v) is 8.38. The fourth-order valence-electron chi connectivity index (χ4n) is 3.22. The second-order valence-electron chi connectivity index (χ2n) is 6.17. The third kappa shape index (κ3) is 5.40. The summed E-state index contributed by atoms with van der Waals surface area (Å²) < 4.78 is 5.04. The number of nitrogens with one attached hydrogen (secondary N) is 1. The molecule has 0 aliphatic heterocycles. The lowest BCUT2D eigenvalue weighted by molar-refractivity contribution is -0.122. The number of rotatable bonds is 8. The van der Waals surface area contributed by atoms with Gasteiger partial charge in [-0.15, -0.1) is 0 Å². The van der Waals surface area contributed by atoms with E-state index >= 15 is 0 Å². The Kier molecular flexibility index (Phi) is 6.83. The Hall–Kier alpha value is -1.43. The van der Waals surface area contributed by atoms with Gasteiger partial charge in [0.25, 0.3) is 0 Å². The average molecular weight is 309 g/mol. The van der Waals surface area contributed by atoms with Gasteiger partial charge >= 0.3 is 0 Å². The average Bonchev–Trinajstić information content (AvgIpc) is 2.93. The van der Waals surface area contributed by atoms with Gasteiger partial charge < -0.3 is 14.9 Å². The van der Waals surface area contributed by atoms with Crippen LogP contribution in [0, 0.1) is 12.8 Å². The van der Waals surface area contributed by atoms with E-state index in [1.165, 1.54) is 19.3 Å². The number of hydrogen-bond acceptors (Lipinski definition) is 5. The van der Waals surface area contributed by atoms with E-state index in [4.69, 9.17) is 4.52 Å². The molecule has 1 heterocycles. The van der Waals surface area contributed by atoms with Crippen molar-refractivity contribution in [1.29, 1.82) is 0 Å². The van der Waals surface area contributed by atoms with Gasteiger partial charge in [-0.2, -0.15) is 4.98 Å². The van der Waals surface area contributed by atoms with Gasteiger partial charge in [-0.05, 0) is 38.5 Å². The first-order valence-electron chi connectivity index (χ1n) is 8.38. The maximum atomic E-state index is 12.1. The van der Waals surface area contributed by atoms with E-state index in [2.05, 4.69) is 15.5 Å². The zero-order chi connectivity index (χ0) is 15.8. The standard InChI is InChI=1S/C16H27N3O3/c1-12-17-16(22-19-12)9-5-8-15(21)18-14(10-11-20)13-6-3-2-4-7-13/h13-14,20H,2-11H2,1H3,(H,18,21). The molecule has 1 amide bonds. The van der Waals surface area contributed by atoms with Crippen molar-refractivity contribution in [2.45, 2.75) is 70.8 Å². The summed E-state index contributed by atoms with van der Waals surface area (Å²) in [5, 5.41) is 16.1. The van der Waals surface area contributed by atoms with Gasteiger partial charge in [-0.1, -0.05) is 24.4 Å². The van der Waals surface area contributed by atoms with Gasteiger partial charge in [0.1, 0.15) is 0 Å². The molecule has 1 aliphatic rings. The van der Waals surface area contributed by atoms with Gasteiger partial charge in [-0.25, -0.2) is 0 Å². The molecule has 2 N–H and O–H groups in total. The summed E-state index contributed by atoms with van der Waals surface area (Å²) in [7, 11) is 0. The molecule has 0 bridgehead atoms. The first kappa shape index (κ1) is 16.9. The Morgan fingerprint density at radius 2 is 2.18 bits per heavy atom. The largest absolute Gasteiger partial charge is 0.396 e. The van der Waals surface area contributed by atoms with E-state index in [0.29, 0.717) is 43.3 Å². The molecule has 1 fully saturated rings. The van der Waals surface area contributed by atoms with Gasteiger partial charge in [0, 0.05) is 25.5 Å². The number of aliphatic hydroxyl groups excluding tert-OH is 1. The lowest BCUT2D eigenvalue weighted by Crippen LogP contribution is -2.41. The maximum absolute atomic E-state index is 12.1. The summed E-state index contributed by atoms with van der Waals surface area (Å²) in [4.78, 5) is 16.2. The van der Waals surface area contributed by atoms with E-state index in [1.807, 2.05) is 0 Å². The summed E-state index contributed by atoms with van der Waals surface area (Å²) in [5.74, 6) is 1.79. The van der Waals surface area contributed by atoms with Crippen molar-refractivity contribution in [2.24, 2.45) is 5.92 Å². The van der Waals surface area contributed by atoms with Crippen molar-refractivity contribution in [2.75, 3.05) is 6.61 Å². The highest BCUT2D eigenvalue weighted by Gasteiger charge is 2.24. The molecule has 22 heavy (non-hydrogen) atoms. The van der Waals surface area contributed by atoms with Gasteiger partial charge in [0.2, 0.25) is 11.8 Å². The van der Waals surface area contributed by atoms with E-state index in [9.17, 15) is 9.90 Å². The summed E-state index contributed by atoms with van der Waals surface area (Å²) in [5.41, 5.74) is 0. The minimum Gasteiger partial charge on any atom is -0.396 e. The molecule has 6 nitrogen and oxygen atoms in total. The summed E-state index contributed by atoms with van der Waals surface area (Å²) in [6.07, 6.45) is 8.51. The highest BCUT2D eigenvalue weighted by Crippen LogP contribution is 2.27. The van der Waals surface area contributed by atoms with Crippen molar-refractivity contribution >= 4 is 5.91 Å². The Morgan fingerprint density at radius 1 is 1.41 bits per heavy atom. The minimum absolute atomic E-state index is 0.0558. The molecule has 1 aliphatic carbocycles. The predicted molar refractivity (Wildman–Crippen MR) is 82.2 cm³/mol. The molecule has 0 aromatic carbocycles. The fourth-order valence-corrected chi connectivity index (χ4v) is 3.22. The van der Waals surface area contributed by atoms with E-state index in [-0.39, 0.29) is 18.6 Å². The summed E-state index contributed by atoms with van der Waals surface area (Å²) in [6, 6.07) is 0.114. The van der Waals surface area contributed by atoms with Crippen molar-refractivity contribution < 1.29 is 14.4 Å². The smallest absolute Gasteiger partial charge is 0.226 e. The number of amides is 1. The highest BCUT2D eigenvalue weighted by molar-refractivity contribution is 5.76. The Bertz CT molecular complexity index is 455. The minimum atomic E-state index is 0.0558. The van der Waals surface area contributed by atoms with Crippen LogP contribution in [0.25, 0.3) is 0 Å². The van der Waals surface area contributed by atoms with Crippen LogP contribution in [0.15, 0.2) is 4.52 Å². The van der Waals surface area contributed by atoms with Crippen molar-refractivity contribution in [3.63, 3.8) is 0 Å². The molecule has 0 saturated heterocycles. The molecular weight excluding hydrogens is 282 g/mol. The maximum Gasteiger partial charge on any atom is 0.226 e. The summed E-state index contributed by atoms with van der Waals surface area (Å²) >= 11 is 0. The molecular formula is C16H27N3O3. The predicted octanol–water partition coefficient (Wildman–Crippen LogP) is 2.15. The zero-order valence-corrected chi connectivity index (χ0v) is 13.4. The van der Waals surface area contributed by atoms with Gasteiger partial charge in [-0.3, -0.25) is 4.79 Å². The van der Waals surface area contributed by atoms with E-state index in [1.54, 1.807) is 6.92 Å². The number of carbonyl (C=O) groups excluding carboxylic acids is 1. The lowest BCUT2D eigenvalue weighted by Gasteiger charge is -2.30. The summed E-state index contributed by atoms with van der Waals surface area (Å²) in [6.45, 7) is 1.91. The molecule has 2 rings (SSSR count). The molecule has 1 unspecified atom stereocenters. The molecule has 6 heteroatoms. The topological polar surface area (TPSA) is 88.2 Å².